The Hall–Kier alpha value is -1.29. The predicted octanol–water partition coefficient (Wildman–Crippen LogP) is 5.21. The van der Waals surface area contributed by atoms with E-state index >= 15 is 0 Å². The van der Waals surface area contributed by atoms with Crippen molar-refractivity contribution in [1.29, 1.82) is 0 Å². The van der Waals surface area contributed by atoms with Crippen molar-refractivity contribution in [2.24, 2.45) is 0 Å². The monoisotopic (exact) mass is 328 g/mol. The molecule has 0 spiro atoms. The molecule has 0 atom stereocenters. The smallest absolute Gasteiger partial charge is 0.129 e. The van der Waals surface area contributed by atoms with Gasteiger partial charge in [0.1, 0.15) is 11.6 Å². The average molecular weight is 330 g/mol. The molecule has 3 rings (SSSR count). The van der Waals surface area contributed by atoms with Gasteiger partial charge in [-0.3, -0.25) is 4.57 Å². The fourth-order valence-corrected chi connectivity index (χ4v) is 2.59. The second-order valence-corrected chi connectivity index (χ2v) is 5.31. The fraction of sp³-hybridized carbons (Fsp3) is 0.0714. The van der Waals surface area contributed by atoms with Gasteiger partial charge in [-0.15, -0.1) is 11.6 Å². The van der Waals surface area contributed by atoms with E-state index in [1.54, 1.807) is 24.3 Å². The summed E-state index contributed by atoms with van der Waals surface area (Å²) >= 11 is 18.0. The van der Waals surface area contributed by atoms with Crippen LogP contribution in [0.3, 0.4) is 0 Å². The van der Waals surface area contributed by atoms with Gasteiger partial charge in [0.05, 0.1) is 27.0 Å². The highest BCUT2D eigenvalue weighted by molar-refractivity contribution is 6.42. The Kier molecular flexibility index (Phi) is 3.59. The first-order chi connectivity index (χ1) is 9.60. The molecule has 102 valence electrons. The van der Waals surface area contributed by atoms with Gasteiger partial charge in [-0.25, -0.2) is 9.37 Å². The molecule has 3 aromatic rings. The number of hydrogen-bond acceptors (Lipinski definition) is 1. The van der Waals surface area contributed by atoms with Crippen molar-refractivity contribution in [3.63, 3.8) is 0 Å². The average Bonchev–Trinajstić information content (AvgIpc) is 2.78. The number of halogens is 4. The zero-order valence-corrected chi connectivity index (χ0v) is 12.3. The number of imidazole rings is 1. The third-order valence-corrected chi connectivity index (χ3v) is 3.93. The maximum absolute atomic E-state index is 13.1. The standard InChI is InChI=1S/C14H8Cl3FN2/c15-7-14-19-12-5-10(16)11(17)6-13(12)20(14)9-3-1-8(18)2-4-9/h1-6H,7H2. The number of alkyl halides is 1. The van der Waals surface area contributed by atoms with Gasteiger partial charge in [0.2, 0.25) is 0 Å². The van der Waals surface area contributed by atoms with Crippen LogP contribution in [0.4, 0.5) is 4.39 Å². The summed E-state index contributed by atoms with van der Waals surface area (Å²) in [7, 11) is 0. The van der Waals surface area contributed by atoms with Crippen LogP contribution in [0, 0.1) is 5.82 Å². The highest BCUT2D eigenvalue weighted by Crippen LogP contribution is 2.30. The molecule has 0 saturated heterocycles. The summed E-state index contributed by atoms with van der Waals surface area (Å²) in [5.74, 6) is 0.569. The normalized spacial score (nSPS) is 11.2. The molecule has 0 amide bonds. The highest BCUT2D eigenvalue weighted by atomic mass is 35.5. The topological polar surface area (TPSA) is 17.8 Å². The highest BCUT2D eigenvalue weighted by Gasteiger charge is 2.14. The Bertz CT molecular complexity index is 781. The largest absolute Gasteiger partial charge is 0.295 e. The maximum atomic E-state index is 13.1. The van der Waals surface area contributed by atoms with Gasteiger partial charge in [-0.2, -0.15) is 0 Å². The minimum absolute atomic E-state index is 0.224. The van der Waals surface area contributed by atoms with Gasteiger partial charge in [0, 0.05) is 5.69 Å². The van der Waals surface area contributed by atoms with Crippen molar-refractivity contribution in [2.45, 2.75) is 5.88 Å². The van der Waals surface area contributed by atoms with Gasteiger partial charge in [-0.05, 0) is 36.4 Å². The van der Waals surface area contributed by atoms with Gasteiger partial charge in [-0.1, -0.05) is 23.2 Å². The van der Waals surface area contributed by atoms with Crippen LogP contribution in [0.5, 0.6) is 0 Å². The van der Waals surface area contributed by atoms with Gasteiger partial charge >= 0.3 is 0 Å². The third-order valence-electron chi connectivity index (χ3n) is 2.97. The van der Waals surface area contributed by atoms with E-state index in [9.17, 15) is 4.39 Å². The molecule has 0 aliphatic rings. The quantitative estimate of drug-likeness (QED) is 0.590. The lowest BCUT2D eigenvalue weighted by Crippen LogP contribution is -1.99. The molecule has 0 unspecified atom stereocenters. The lowest BCUT2D eigenvalue weighted by molar-refractivity contribution is 0.627. The zero-order valence-electron chi connectivity index (χ0n) is 10.1. The molecule has 0 bridgehead atoms. The van der Waals surface area contributed by atoms with Crippen molar-refractivity contribution in [3.8, 4) is 5.69 Å². The first-order valence-electron chi connectivity index (χ1n) is 5.78. The first kappa shape index (κ1) is 13.7. The number of aromatic nitrogens is 2. The Morgan fingerprint density at radius 2 is 1.70 bits per heavy atom. The van der Waals surface area contributed by atoms with Gasteiger partial charge in [0.15, 0.2) is 0 Å². The molecule has 20 heavy (non-hydrogen) atoms. The van der Waals surface area contributed by atoms with Crippen molar-refractivity contribution in [1.82, 2.24) is 9.55 Å². The van der Waals surface area contributed by atoms with E-state index in [0.29, 0.717) is 21.4 Å². The molecule has 0 N–H and O–H groups in total. The van der Waals surface area contributed by atoms with Crippen molar-refractivity contribution < 1.29 is 4.39 Å². The fourth-order valence-electron chi connectivity index (χ4n) is 2.09. The number of fused-ring (bicyclic) bond motifs is 1. The maximum Gasteiger partial charge on any atom is 0.129 e. The number of nitrogens with zero attached hydrogens (tertiary/aromatic N) is 2. The molecule has 6 heteroatoms. The molecule has 0 aliphatic heterocycles. The second-order valence-electron chi connectivity index (χ2n) is 4.23. The molecule has 1 heterocycles. The second kappa shape index (κ2) is 5.24. The Morgan fingerprint density at radius 3 is 2.35 bits per heavy atom. The van der Waals surface area contributed by atoms with E-state index in [1.165, 1.54) is 12.1 Å². The van der Waals surface area contributed by atoms with Crippen LogP contribution in [-0.4, -0.2) is 9.55 Å². The summed E-state index contributed by atoms with van der Waals surface area (Å²) in [4.78, 5) is 4.43. The van der Waals surface area contributed by atoms with Crippen molar-refractivity contribution in [3.05, 3.63) is 58.1 Å². The van der Waals surface area contributed by atoms with Crippen LogP contribution in [0.15, 0.2) is 36.4 Å². The SMILES string of the molecule is Fc1ccc(-n2c(CCl)nc3cc(Cl)c(Cl)cc32)cc1. The Morgan fingerprint density at radius 1 is 1.05 bits per heavy atom. The van der Waals surface area contributed by atoms with Crippen LogP contribution < -0.4 is 0 Å². The Labute approximate surface area is 129 Å². The molecular weight excluding hydrogens is 322 g/mol. The van der Waals surface area contributed by atoms with E-state index in [1.807, 2.05) is 4.57 Å². The molecule has 2 nitrogen and oxygen atoms in total. The number of rotatable bonds is 2. The molecule has 0 aliphatic carbocycles. The first-order valence-corrected chi connectivity index (χ1v) is 7.07. The minimum atomic E-state index is -0.299. The van der Waals surface area contributed by atoms with E-state index in [0.717, 1.165) is 11.2 Å². The van der Waals surface area contributed by atoms with Gasteiger partial charge < -0.3 is 0 Å². The lowest BCUT2D eigenvalue weighted by Gasteiger charge is -2.08. The molecule has 0 radical (unpaired) electrons. The lowest BCUT2D eigenvalue weighted by atomic mass is 10.2. The minimum Gasteiger partial charge on any atom is -0.295 e. The summed E-state index contributed by atoms with van der Waals surface area (Å²) < 4.78 is 14.9. The molecule has 0 saturated carbocycles. The van der Waals surface area contributed by atoms with Crippen LogP contribution in [0.2, 0.25) is 10.0 Å². The summed E-state index contributed by atoms with van der Waals surface area (Å²) in [5, 5.41) is 0.868. The van der Waals surface area contributed by atoms with Crippen LogP contribution in [-0.2, 0) is 5.88 Å². The van der Waals surface area contributed by atoms with Crippen LogP contribution in [0.1, 0.15) is 5.82 Å². The number of benzene rings is 2. The van der Waals surface area contributed by atoms with Crippen LogP contribution in [0.25, 0.3) is 16.7 Å². The molecule has 1 aromatic heterocycles. The van der Waals surface area contributed by atoms with E-state index in [2.05, 4.69) is 4.98 Å². The Balaban J connectivity index is 2.32. The molecule has 0 fully saturated rings. The molecule has 2 aromatic carbocycles. The third kappa shape index (κ3) is 2.26. The summed E-state index contributed by atoms with van der Waals surface area (Å²) in [5.41, 5.74) is 2.24. The summed E-state index contributed by atoms with van der Waals surface area (Å²) in [6, 6.07) is 9.51. The number of hydrogen-bond donors (Lipinski definition) is 0. The summed E-state index contributed by atoms with van der Waals surface area (Å²) in [6.07, 6.45) is 0. The molecular formula is C14H8Cl3FN2. The van der Waals surface area contributed by atoms with Crippen molar-refractivity contribution in [2.75, 3.05) is 0 Å². The van der Waals surface area contributed by atoms with Crippen molar-refractivity contribution >= 4 is 45.8 Å². The van der Waals surface area contributed by atoms with E-state index in [4.69, 9.17) is 34.8 Å². The summed E-state index contributed by atoms with van der Waals surface area (Å²) in [6.45, 7) is 0. The van der Waals surface area contributed by atoms with E-state index < -0.39 is 0 Å². The zero-order chi connectivity index (χ0) is 14.3. The van der Waals surface area contributed by atoms with E-state index in [-0.39, 0.29) is 11.7 Å². The predicted molar refractivity (Wildman–Crippen MR) is 80.6 cm³/mol. The van der Waals surface area contributed by atoms with Crippen LogP contribution >= 0.6 is 34.8 Å². The van der Waals surface area contributed by atoms with Gasteiger partial charge in [0.25, 0.3) is 0 Å².